The molecule has 1 aliphatic carbocycles. The lowest BCUT2D eigenvalue weighted by atomic mass is 10.0. The largest absolute Gasteiger partial charge is 0.472 e. The Balaban J connectivity index is 2.38. The van der Waals surface area contributed by atoms with Crippen molar-refractivity contribution in [1.82, 2.24) is 0 Å². The highest BCUT2D eigenvalue weighted by atomic mass is 16.3. The van der Waals surface area contributed by atoms with Gasteiger partial charge >= 0.3 is 0 Å². The van der Waals surface area contributed by atoms with Gasteiger partial charge in [-0.15, -0.1) is 0 Å². The average Bonchev–Trinajstić information content (AvgIpc) is 2.48. The van der Waals surface area contributed by atoms with Gasteiger partial charge in [-0.2, -0.15) is 0 Å². The van der Waals surface area contributed by atoms with E-state index in [4.69, 9.17) is 4.42 Å². The number of hydrogen-bond donors (Lipinski definition) is 0. The minimum absolute atomic E-state index is 0.461. The van der Waals surface area contributed by atoms with E-state index < -0.39 is 0 Å². The lowest BCUT2D eigenvalue weighted by Crippen LogP contribution is -1.93. The van der Waals surface area contributed by atoms with Crippen molar-refractivity contribution in [2.24, 2.45) is 5.92 Å². The molecule has 0 spiro atoms. The van der Waals surface area contributed by atoms with Crippen molar-refractivity contribution < 1.29 is 4.42 Å². The highest BCUT2D eigenvalue weighted by Crippen LogP contribution is 2.28. The Hall–Kier alpha value is -1.24. The van der Waals surface area contributed by atoms with Crippen LogP contribution in [-0.2, 0) is 6.42 Å². The molecule has 2 rings (SSSR count). The SMILES string of the molecule is [CH2]C(C)Cc1ccc2coccc1-2. The molecule has 1 atom stereocenters. The lowest BCUT2D eigenvalue weighted by Gasteiger charge is -2.05. The van der Waals surface area contributed by atoms with Crippen molar-refractivity contribution in [3.05, 3.63) is 43.2 Å². The predicted molar refractivity (Wildman–Crippen MR) is 53.6 cm³/mol. The average molecular weight is 173 g/mol. The van der Waals surface area contributed by atoms with Crippen LogP contribution in [-0.4, -0.2) is 0 Å². The molecule has 1 aliphatic heterocycles. The minimum Gasteiger partial charge on any atom is -0.472 e. The molecule has 1 nitrogen and oxygen atoms in total. The van der Waals surface area contributed by atoms with Gasteiger partial charge in [-0.3, -0.25) is 0 Å². The van der Waals surface area contributed by atoms with Gasteiger partial charge in [0.1, 0.15) is 0 Å². The standard InChI is InChI=1S/C12H13O/c1-9(2)7-10-3-4-11-8-13-6-5-12(10)11/h3-6,8-9H,1,7H2,2H3. The van der Waals surface area contributed by atoms with Crippen LogP contribution in [0.2, 0.25) is 0 Å². The van der Waals surface area contributed by atoms with E-state index in [9.17, 15) is 0 Å². The second-order valence-electron chi connectivity index (χ2n) is 3.59. The summed E-state index contributed by atoms with van der Waals surface area (Å²) >= 11 is 0. The summed E-state index contributed by atoms with van der Waals surface area (Å²) in [5, 5.41) is 0. The Morgan fingerprint density at radius 2 is 2.23 bits per heavy atom. The molecule has 1 heterocycles. The van der Waals surface area contributed by atoms with Crippen LogP contribution in [0.1, 0.15) is 12.5 Å². The van der Waals surface area contributed by atoms with Gasteiger partial charge in [0, 0.05) is 5.56 Å². The van der Waals surface area contributed by atoms with Gasteiger partial charge < -0.3 is 4.42 Å². The maximum Gasteiger partial charge on any atom is 0.0979 e. The molecule has 0 saturated carbocycles. The third kappa shape index (κ3) is 1.59. The van der Waals surface area contributed by atoms with Gasteiger partial charge in [0.2, 0.25) is 0 Å². The normalized spacial score (nSPS) is 11.3. The second kappa shape index (κ2) is 3.25. The Morgan fingerprint density at radius 3 is 3.00 bits per heavy atom. The van der Waals surface area contributed by atoms with E-state index in [0.717, 1.165) is 6.42 Å². The minimum atomic E-state index is 0.461. The van der Waals surface area contributed by atoms with Crippen molar-refractivity contribution in [3.8, 4) is 11.1 Å². The van der Waals surface area contributed by atoms with Crippen LogP contribution in [0.3, 0.4) is 0 Å². The molecule has 0 N–H and O–H groups in total. The van der Waals surface area contributed by atoms with Crippen molar-refractivity contribution in [3.63, 3.8) is 0 Å². The van der Waals surface area contributed by atoms with Crippen LogP contribution >= 0.6 is 0 Å². The first-order valence-electron chi connectivity index (χ1n) is 4.54. The molecule has 1 unspecified atom stereocenters. The first-order chi connectivity index (χ1) is 6.27. The summed E-state index contributed by atoms with van der Waals surface area (Å²) in [5.41, 5.74) is 3.84. The summed E-state index contributed by atoms with van der Waals surface area (Å²) in [6, 6.07) is 6.27. The molecule has 67 valence electrons. The van der Waals surface area contributed by atoms with Gasteiger partial charge in [-0.25, -0.2) is 0 Å². The number of rotatable bonds is 2. The predicted octanol–water partition coefficient (Wildman–Crippen LogP) is 3.40. The van der Waals surface area contributed by atoms with E-state index in [1.807, 2.05) is 6.07 Å². The van der Waals surface area contributed by atoms with E-state index in [2.05, 4.69) is 26.0 Å². The molecule has 2 aliphatic rings. The molecule has 0 amide bonds. The zero-order chi connectivity index (χ0) is 9.26. The molecule has 0 aromatic carbocycles. The fraction of sp³-hybridized carbons (Fsp3) is 0.250. The molecule has 0 bridgehead atoms. The highest BCUT2D eigenvalue weighted by Gasteiger charge is 2.09. The van der Waals surface area contributed by atoms with Gasteiger partial charge in [0.05, 0.1) is 12.5 Å². The molecule has 0 aromatic rings. The topological polar surface area (TPSA) is 13.1 Å². The molecule has 0 saturated heterocycles. The monoisotopic (exact) mass is 173 g/mol. The summed E-state index contributed by atoms with van der Waals surface area (Å²) in [6.07, 6.45) is 4.54. The molecule has 0 fully saturated rings. The van der Waals surface area contributed by atoms with E-state index in [-0.39, 0.29) is 0 Å². The second-order valence-corrected chi connectivity index (χ2v) is 3.59. The number of hydrogen-bond acceptors (Lipinski definition) is 1. The van der Waals surface area contributed by atoms with E-state index in [0.29, 0.717) is 5.92 Å². The van der Waals surface area contributed by atoms with Gasteiger partial charge in [0.25, 0.3) is 0 Å². The van der Waals surface area contributed by atoms with Crippen molar-refractivity contribution in [2.45, 2.75) is 13.3 Å². The van der Waals surface area contributed by atoms with Crippen LogP contribution in [0.15, 0.2) is 35.1 Å². The van der Waals surface area contributed by atoms with Crippen LogP contribution in [0, 0.1) is 12.8 Å². The fourth-order valence-electron chi connectivity index (χ4n) is 1.63. The summed E-state index contributed by atoms with van der Waals surface area (Å²) in [4.78, 5) is 0. The molecule has 13 heavy (non-hydrogen) atoms. The van der Waals surface area contributed by atoms with E-state index >= 15 is 0 Å². The van der Waals surface area contributed by atoms with Crippen molar-refractivity contribution in [2.75, 3.05) is 0 Å². The Morgan fingerprint density at radius 1 is 1.38 bits per heavy atom. The van der Waals surface area contributed by atoms with Crippen molar-refractivity contribution >= 4 is 0 Å². The van der Waals surface area contributed by atoms with Gasteiger partial charge in [-0.1, -0.05) is 26.0 Å². The van der Waals surface area contributed by atoms with E-state index in [1.165, 1.54) is 16.7 Å². The first-order valence-corrected chi connectivity index (χ1v) is 4.54. The number of fused-ring (bicyclic) bond motifs is 1. The maximum atomic E-state index is 5.09. The quantitative estimate of drug-likeness (QED) is 0.678. The van der Waals surface area contributed by atoms with Crippen molar-refractivity contribution in [1.29, 1.82) is 0 Å². The Labute approximate surface area is 78.7 Å². The summed E-state index contributed by atoms with van der Waals surface area (Å²) in [6.45, 7) is 6.13. The Bertz CT molecular complexity index is 359. The van der Waals surface area contributed by atoms with Crippen LogP contribution < -0.4 is 0 Å². The van der Waals surface area contributed by atoms with Crippen LogP contribution in [0.4, 0.5) is 0 Å². The first kappa shape index (κ1) is 8.36. The van der Waals surface area contributed by atoms with Crippen LogP contribution in [0.25, 0.3) is 11.1 Å². The maximum absolute atomic E-state index is 5.09. The summed E-state index contributed by atoms with van der Waals surface area (Å²) in [5.74, 6) is 0.461. The zero-order valence-corrected chi connectivity index (χ0v) is 7.79. The molecular formula is C12H13O. The Kier molecular flexibility index (Phi) is 2.09. The smallest absolute Gasteiger partial charge is 0.0979 e. The molecule has 1 radical (unpaired) electrons. The summed E-state index contributed by atoms with van der Waals surface area (Å²) < 4.78 is 5.09. The van der Waals surface area contributed by atoms with Gasteiger partial charge in [0.15, 0.2) is 0 Å². The summed E-state index contributed by atoms with van der Waals surface area (Å²) in [7, 11) is 0. The molecule has 1 heteroatoms. The fourth-order valence-corrected chi connectivity index (χ4v) is 1.63. The third-order valence-corrected chi connectivity index (χ3v) is 2.20. The molecule has 0 aromatic heterocycles. The van der Waals surface area contributed by atoms with Crippen LogP contribution in [0.5, 0.6) is 0 Å². The van der Waals surface area contributed by atoms with E-state index in [1.54, 1.807) is 12.5 Å². The molecular weight excluding hydrogens is 160 g/mol. The van der Waals surface area contributed by atoms with Gasteiger partial charge in [-0.05, 0) is 29.5 Å². The third-order valence-electron chi connectivity index (χ3n) is 2.20. The zero-order valence-electron chi connectivity index (χ0n) is 7.79. The highest BCUT2D eigenvalue weighted by molar-refractivity contribution is 5.69. The lowest BCUT2D eigenvalue weighted by molar-refractivity contribution is 0.552.